The molecule has 0 aliphatic heterocycles. The van der Waals surface area contributed by atoms with Gasteiger partial charge in [0.2, 0.25) is 0 Å². The lowest BCUT2D eigenvalue weighted by Crippen LogP contribution is -2.24. The summed E-state index contributed by atoms with van der Waals surface area (Å²) in [5.41, 5.74) is -4.23. The van der Waals surface area contributed by atoms with Gasteiger partial charge in [-0.2, -0.15) is 36.7 Å². The number of aromatic amines is 1. The van der Waals surface area contributed by atoms with E-state index in [4.69, 9.17) is 23.2 Å². The number of aromatic nitrogens is 2. The molecule has 13 heteroatoms. The molecule has 5 nitrogen and oxygen atoms in total. The van der Waals surface area contributed by atoms with Gasteiger partial charge in [0.25, 0.3) is 5.78 Å². The van der Waals surface area contributed by atoms with Crippen molar-refractivity contribution in [2.75, 3.05) is 5.32 Å². The highest BCUT2D eigenvalue weighted by molar-refractivity contribution is 6.40. The number of anilines is 1. The molecule has 0 unspecified atom stereocenters. The zero-order valence-electron chi connectivity index (χ0n) is 16.0. The summed E-state index contributed by atoms with van der Waals surface area (Å²) in [6.45, 7) is -0.0266. The summed E-state index contributed by atoms with van der Waals surface area (Å²) in [6.07, 6.45) is -10.4. The molecule has 0 spiro atoms. The SMILES string of the molecule is N#Cc1c(C(F)(F)F)cc(Cl)c(-c2[nH]nc(NCc3ccccc3)c2C(=O)C(F)(F)F)c1Cl. The largest absolute Gasteiger partial charge is 0.455 e. The topological polar surface area (TPSA) is 81.6 Å². The van der Waals surface area contributed by atoms with Gasteiger partial charge in [0.05, 0.1) is 32.4 Å². The molecule has 0 aliphatic rings. The van der Waals surface area contributed by atoms with Crippen molar-refractivity contribution >= 4 is 34.8 Å². The van der Waals surface area contributed by atoms with Crippen LogP contribution in [0.25, 0.3) is 11.3 Å². The van der Waals surface area contributed by atoms with E-state index in [-0.39, 0.29) is 6.54 Å². The van der Waals surface area contributed by atoms with Gasteiger partial charge in [-0.15, -0.1) is 0 Å². The number of Topliss-reactive ketones (excluding diaryl/α,β-unsaturated/α-hetero) is 1. The molecule has 3 aromatic rings. The predicted octanol–water partition coefficient (Wildman–Crippen LogP) is 6.63. The molecule has 0 aliphatic carbocycles. The Kier molecular flexibility index (Phi) is 6.63. The van der Waals surface area contributed by atoms with Crippen molar-refractivity contribution in [2.24, 2.45) is 0 Å². The van der Waals surface area contributed by atoms with Gasteiger partial charge in [-0.05, 0) is 11.6 Å². The Morgan fingerprint density at radius 3 is 2.30 bits per heavy atom. The first kappa shape index (κ1) is 24.4. The lowest BCUT2D eigenvalue weighted by atomic mass is 9.98. The zero-order chi connectivity index (χ0) is 24.6. The predicted molar refractivity (Wildman–Crippen MR) is 108 cm³/mol. The number of carbonyl (C=O) groups excluding carboxylic acids is 1. The van der Waals surface area contributed by atoms with Crippen LogP contribution in [0, 0.1) is 11.3 Å². The third-order valence-electron chi connectivity index (χ3n) is 4.44. The summed E-state index contributed by atoms with van der Waals surface area (Å²) in [5, 5.41) is 16.0. The maximum Gasteiger partial charge on any atom is 0.455 e. The molecule has 0 saturated carbocycles. The minimum atomic E-state index is -5.36. The average Bonchev–Trinajstić information content (AvgIpc) is 3.14. The highest BCUT2D eigenvalue weighted by Gasteiger charge is 2.44. The molecule has 2 aromatic carbocycles. The zero-order valence-corrected chi connectivity index (χ0v) is 17.5. The molecule has 33 heavy (non-hydrogen) atoms. The molecule has 1 heterocycles. The number of H-pyrrole nitrogens is 1. The second-order valence-corrected chi connectivity index (χ2v) is 7.35. The molecule has 0 atom stereocenters. The van der Waals surface area contributed by atoms with E-state index in [9.17, 15) is 36.4 Å². The van der Waals surface area contributed by atoms with Gasteiger partial charge in [-0.3, -0.25) is 9.89 Å². The summed E-state index contributed by atoms with van der Waals surface area (Å²) in [5.74, 6) is -2.87. The molecule has 3 rings (SSSR count). The number of nitriles is 1. The quantitative estimate of drug-likeness (QED) is 0.300. The van der Waals surface area contributed by atoms with Crippen LogP contribution in [0.1, 0.15) is 27.0 Å². The van der Waals surface area contributed by atoms with Crippen LogP contribution < -0.4 is 5.32 Å². The second kappa shape index (κ2) is 8.96. The highest BCUT2D eigenvalue weighted by atomic mass is 35.5. The van der Waals surface area contributed by atoms with Gasteiger partial charge >= 0.3 is 12.4 Å². The normalized spacial score (nSPS) is 11.8. The molecule has 0 fully saturated rings. The Hall–Kier alpha value is -3.23. The van der Waals surface area contributed by atoms with E-state index in [1.807, 2.05) is 0 Å². The molecular weight excluding hydrogens is 497 g/mol. The number of ketones is 1. The summed E-state index contributed by atoms with van der Waals surface area (Å²) < 4.78 is 79.8. The first-order valence-corrected chi connectivity index (χ1v) is 9.59. The van der Waals surface area contributed by atoms with Crippen molar-refractivity contribution in [3.8, 4) is 17.3 Å². The van der Waals surface area contributed by atoms with Gasteiger partial charge in [0, 0.05) is 12.1 Å². The summed E-state index contributed by atoms with van der Waals surface area (Å²) in [6, 6.07) is 10.0. The molecule has 0 amide bonds. The van der Waals surface area contributed by atoms with Crippen molar-refractivity contribution in [3.63, 3.8) is 0 Å². The number of hydrogen-bond acceptors (Lipinski definition) is 4. The Bertz CT molecular complexity index is 1250. The van der Waals surface area contributed by atoms with E-state index in [1.54, 1.807) is 30.3 Å². The van der Waals surface area contributed by atoms with Crippen LogP contribution in [-0.2, 0) is 12.7 Å². The van der Waals surface area contributed by atoms with Crippen LogP contribution in [0.4, 0.5) is 32.2 Å². The summed E-state index contributed by atoms with van der Waals surface area (Å²) >= 11 is 11.9. The Balaban J connectivity index is 2.20. The van der Waals surface area contributed by atoms with Gasteiger partial charge in [0.1, 0.15) is 6.07 Å². The maximum absolute atomic E-state index is 13.3. The Morgan fingerprint density at radius 1 is 1.12 bits per heavy atom. The number of alkyl halides is 6. The van der Waals surface area contributed by atoms with Crippen molar-refractivity contribution in [1.29, 1.82) is 5.26 Å². The second-order valence-electron chi connectivity index (χ2n) is 6.57. The monoisotopic (exact) mass is 506 g/mol. The van der Waals surface area contributed by atoms with E-state index >= 15 is 0 Å². The van der Waals surface area contributed by atoms with E-state index < -0.39 is 61.9 Å². The Morgan fingerprint density at radius 2 is 1.76 bits per heavy atom. The molecule has 0 bridgehead atoms. The first-order chi connectivity index (χ1) is 15.4. The molecular formula is C20H10Cl2F6N4O. The summed E-state index contributed by atoms with van der Waals surface area (Å²) in [4.78, 5) is 12.2. The van der Waals surface area contributed by atoms with Crippen LogP contribution in [0.2, 0.25) is 10.0 Å². The third kappa shape index (κ3) is 4.91. The number of halogens is 8. The molecule has 0 radical (unpaired) electrons. The van der Waals surface area contributed by atoms with Gasteiger partial charge in [-0.25, -0.2) is 0 Å². The average molecular weight is 507 g/mol. The fraction of sp³-hybridized carbons (Fsp3) is 0.150. The number of hydrogen-bond donors (Lipinski definition) is 2. The minimum absolute atomic E-state index is 0.0266. The number of benzene rings is 2. The maximum atomic E-state index is 13.3. The Labute approximate surface area is 191 Å². The number of carbonyl (C=O) groups is 1. The van der Waals surface area contributed by atoms with Crippen molar-refractivity contribution in [2.45, 2.75) is 18.9 Å². The van der Waals surface area contributed by atoms with Crippen LogP contribution in [0.5, 0.6) is 0 Å². The lowest BCUT2D eigenvalue weighted by Gasteiger charge is -2.15. The van der Waals surface area contributed by atoms with Gasteiger partial charge < -0.3 is 5.32 Å². The molecule has 2 N–H and O–H groups in total. The first-order valence-electron chi connectivity index (χ1n) is 8.83. The van der Waals surface area contributed by atoms with Gasteiger partial charge in [-0.1, -0.05) is 53.5 Å². The van der Waals surface area contributed by atoms with Crippen molar-refractivity contribution in [3.05, 3.63) is 68.7 Å². The van der Waals surface area contributed by atoms with Gasteiger partial charge in [0.15, 0.2) is 5.82 Å². The fourth-order valence-electron chi connectivity index (χ4n) is 2.98. The summed E-state index contributed by atoms with van der Waals surface area (Å²) in [7, 11) is 0. The van der Waals surface area contributed by atoms with E-state index in [0.717, 1.165) is 0 Å². The van der Waals surface area contributed by atoms with E-state index in [2.05, 4.69) is 15.5 Å². The molecule has 172 valence electrons. The number of nitrogens with zero attached hydrogens (tertiary/aromatic N) is 2. The van der Waals surface area contributed by atoms with E-state index in [1.165, 1.54) is 6.07 Å². The standard InChI is InChI=1S/C20H10Cl2F6N4O/c21-12-6-11(19(23,24)25)10(7-29)15(22)13(12)16-14(17(33)20(26,27)28)18(32-31-16)30-8-9-4-2-1-3-5-9/h1-6H,8H2,(H2,30,31,32). The van der Waals surface area contributed by atoms with Crippen LogP contribution in [-0.4, -0.2) is 22.2 Å². The minimum Gasteiger partial charge on any atom is -0.364 e. The third-order valence-corrected chi connectivity index (χ3v) is 5.12. The van der Waals surface area contributed by atoms with Crippen molar-refractivity contribution in [1.82, 2.24) is 10.2 Å². The molecule has 0 saturated heterocycles. The van der Waals surface area contributed by atoms with Crippen LogP contribution in [0.3, 0.4) is 0 Å². The smallest absolute Gasteiger partial charge is 0.364 e. The van der Waals surface area contributed by atoms with E-state index in [0.29, 0.717) is 11.6 Å². The lowest BCUT2D eigenvalue weighted by molar-refractivity contribution is -0.137. The highest BCUT2D eigenvalue weighted by Crippen LogP contribution is 2.45. The van der Waals surface area contributed by atoms with Crippen molar-refractivity contribution < 1.29 is 31.1 Å². The number of nitrogens with one attached hydrogen (secondary N) is 2. The van der Waals surface area contributed by atoms with Crippen LogP contribution >= 0.6 is 23.2 Å². The van der Waals surface area contributed by atoms with Crippen LogP contribution in [0.15, 0.2) is 36.4 Å². The fourth-order valence-corrected chi connectivity index (χ4v) is 3.66. The molecule has 1 aromatic heterocycles. The number of rotatable bonds is 5.